The zero-order valence-electron chi connectivity index (χ0n) is 7.99. The number of aromatic nitrogens is 1. The van der Waals surface area contributed by atoms with Crippen LogP contribution >= 0.6 is 0 Å². The van der Waals surface area contributed by atoms with Crippen LogP contribution in [0, 0.1) is 16.1 Å². The molecule has 0 aliphatic rings. The Bertz CT molecular complexity index is 449. The fourth-order valence-corrected chi connectivity index (χ4v) is 1.06. The van der Waals surface area contributed by atoms with Crippen LogP contribution in [0.5, 0.6) is 5.88 Å². The van der Waals surface area contributed by atoms with E-state index < -0.39 is 40.9 Å². The SMILES string of the molecule is NCc1c([N+](=O)[O-])cc(F)nc1OC(F)(F)F. The molecule has 1 rings (SSSR count). The van der Waals surface area contributed by atoms with E-state index in [4.69, 9.17) is 5.73 Å². The minimum absolute atomic E-state index is 0.366. The van der Waals surface area contributed by atoms with Gasteiger partial charge in [0.25, 0.3) is 5.69 Å². The van der Waals surface area contributed by atoms with Gasteiger partial charge in [0.1, 0.15) is 5.56 Å². The molecule has 0 aromatic carbocycles. The first-order valence-electron chi connectivity index (χ1n) is 4.04. The number of nitrogens with two attached hydrogens (primary N) is 1. The molecule has 0 fully saturated rings. The van der Waals surface area contributed by atoms with Gasteiger partial charge in [0, 0.05) is 6.54 Å². The number of nitrogens with zero attached hydrogens (tertiary/aromatic N) is 2. The van der Waals surface area contributed by atoms with Crippen molar-refractivity contribution in [3.8, 4) is 5.88 Å². The molecule has 17 heavy (non-hydrogen) atoms. The third-order valence-corrected chi connectivity index (χ3v) is 1.64. The molecule has 2 N–H and O–H groups in total. The first kappa shape index (κ1) is 13.1. The highest BCUT2D eigenvalue weighted by atomic mass is 19.4. The average molecular weight is 255 g/mol. The summed E-state index contributed by atoms with van der Waals surface area (Å²) in [5.41, 5.74) is 3.50. The van der Waals surface area contributed by atoms with Crippen molar-refractivity contribution in [1.29, 1.82) is 0 Å². The summed E-state index contributed by atoms with van der Waals surface area (Å²) < 4.78 is 51.9. The van der Waals surface area contributed by atoms with Gasteiger partial charge >= 0.3 is 6.36 Å². The van der Waals surface area contributed by atoms with Gasteiger partial charge in [0.2, 0.25) is 11.8 Å². The van der Waals surface area contributed by atoms with Gasteiger partial charge in [-0.1, -0.05) is 0 Å². The molecule has 94 valence electrons. The van der Waals surface area contributed by atoms with E-state index in [-0.39, 0.29) is 0 Å². The Morgan fingerprint density at radius 2 is 2.12 bits per heavy atom. The average Bonchev–Trinajstić information content (AvgIpc) is 2.14. The monoisotopic (exact) mass is 255 g/mol. The van der Waals surface area contributed by atoms with E-state index >= 15 is 0 Å². The summed E-state index contributed by atoms with van der Waals surface area (Å²) in [4.78, 5) is 12.2. The Balaban J connectivity index is 3.33. The minimum atomic E-state index is -5.14. The van der Waals surface area contributed by atoms with Crippen LogP contribution in [-0.2, 0) is 6.54 Å². The van der Waals surface area contributed by atoms with Gasteiger partial charge in [0.05, 0.1) is 11.0 Å². The molecular weight excluding hydrogens is 250 g/mol. The van der Waals surface area contributed by atoms with Gasteiger partial charge in [-0.15, -0.1) is 13.2 Å². The smallest absolute Gasteiger partial charge is 0.387 e. The first-order valence-corrected chi connectivity index (χ1v) is 4.04. The van der Waals surface area contributed by atoms with E-state index in [1.165, 1.54) is 0 Å². The van der Waals surface area contributed by atoms with Crippen molar-refractivity contribution in [2.45, 2.75) is 12.9 Å². The summed E-state index contributed by atoms with van der Waals surface area (Å²) in [5.74, 6) is -2.72. The van der Waals surface area contributed by atoms with Gasteiger partial charge in [-0.05, 0) is 0 Å². The second kappa shape index (κ2) is 4.49. The number of alkyl halides is 3. The number of hydrogen-bond acceptors (Lipinski definition) is 5. The van der Waals surface area contributed by atoms with E-state index in [9.17, 15) is 27.7 Å². The van der Waals surface area contributed by atoms with Crippen LogP contribution in [0.15, 0.2) is 6.07 Å². The highest BCUT2D eigenvalue weighted by Gasteiger charge is 2.35. The number of halogens is 4. The molecule has 6 nitrogen and oxygen atoms in total. The molecule has 0 amide bonds. The predicted molar refractivity (Wildman–Crippen MR) is 45.4 cm³/mol. The molecule has 0 spiro atoms. The molecule has 0 saturated heterocycles. The predicted octanol–water partition coefficient (Wildman–Crippen LogP) is 1.49. The topological polar surface area (TPSA) is 91.3 Å². The number of ether oxygens (including phenoxy) is 1. The van der Waals surface area contributed by atoms with Crippen molar-refractivity contribution in [3.63, 3.8) is 0 Å². The molecule has 1 aromatic rings. The third-order valence-electron chi connectivity index (χ3n) is 1.64. The molecule has 1 aromatic heterocycles. The molecule has 10 heteroatoms. The van der Waals surface area contributed by atoms with Crippen molar-refractivity contribution in [1.82, 2.24) is 4.98 Å². The second-order valence-corrected chi connectivity index (χ2v) is 2.76. The van der Waals surface area contributed by atoms with Crippen LogP contribution in [0.4, 0.5) is 23.2 Å². The van der Waals surface area contributed by atoms with Gasteiger partial charge in [-0.25, -0.2) is 0 Å². The summed E-state index contributed by atoms with van der Waals surface area (Å²) in [5, 5.41) is 10.5. The fraction of sp³-hybridized carbons (Fsp3) is 0.286. The lowest BCUT2D eigenvalue weighted by Crippen LogP contribution is -2.20. The quantitative estimate of drug-likeness (QED) is 0.382. The summed E-state index contributed by atoms with van der Waals surface area (Å²) >= 11 is 0. The fourth-order valence-electron chi connectivity index (χ4n) is 1.06. The molecule has 0 atom stereocenters. The van der Waals surface area contributed by atoms with E-state index in [1.807, 2.05) is 0 Å². The minimum Gasteiger partial charge on any atom is -0.387 e. The number of rotatable bonds is 3. The first-order chi connectivity index (χ1) is 7.74. The Kier molecular flexibility index (Phi) is 3.46. The largest absolute Gasteiger partial charge is 0.574 e. The Hall–Kier alpha value is -1.97. The van der Waals surface area contributed by atoms with Gasteiger partial charge in [-0.3, -0.25) is 10.1 Å². The molecule has 1 heterocycles. The lowest BCUT2D eigenvalue weighted by Gasteiger charge is -2.11. The van der Waals surface area contributed by atoms with E-state index in [0.29, 0.717) is 6.07 Å². The summed E-state index contributed by atoms with van der Waals surface area (Å²) in [7, 11) is 0. The van der Waals surface area contributed by atoms with E-state index in [1.54, 1.807) is 0 Å². The normalized spacial score (nSPS) is 11.4. The molecule has 0 aliphatic carbocycles. The van der Waals surface area contributed by atoms with Crippen LogP contribution in [0.25, 0.3) is 0 Å². The van der Waals surface area contributed by atoms with Crippen molar-refractivity contribution in [2.24, 2.45) is 5.73 Å². The van der Waals surface area contributed by atoms with E-state index in [0.717, 1.165) is 0 Å². The van der Waals surface area contributed by atoms with Gasteiger partial charge in [0.15, 0.2) is 0 Å². The second-order valence-electron chi connectivity index (χ2n) is 2.76. The van der Waals surface area contributed by atoms with Crippen LogP contribution in [0.1, 0.15) is 5.56 Å². The summed E-state index contributed by atoms with van der Waals surface area (Å²) in [6.07, 6.45) is -5.14. The van der Waals surface area contributed by atoms with Crippen LogP contribution in [0.2, 0.25) is 0 Å². The van der Waals surface area contributed by atoms with E-state index in [2.05, 4.69) is 9.72 Å². The lowest BCUT2D eigenvalue weighted by atomic mass is 10.2. The zero-order valence-corrected chi connectivity index (χ0v) is 7.99. The molecule has 0 saturated carbocycles. The molecular formula is C7H5F4N3O3. The number of hydrogen-bond donors (Lipinski definition) is 1. The standard InChI is InChI=1S/C7H5F4N3O3/c8-5-1-4(14(15)16)3(2-12)6(13-5)17-7(9,10)11/h1H,2,12H2. The van der Waals surface area contributed by atoms with Crippen molar-refractivity contribution >= 4 is 5.69 Å². The highest BCUT2D eigenvalue weighted by Crippen LogP contribution is 2.30. The summed E-state index contributed by atoms with van der Waals surface area (Å²) in [6.45, 7) is -0.644. The Labute approximate surface area is 91.1 Å². The maximum atomic E-state index is 12.8. The Morgan fingerprint density at radius 1 is 1.53 bits per heavy atom. The maximum Gasteiger partial charge on any atom is 0.574 e. The third kappa shape index (κ3) is 3.24. The highest BCUT2D eigenvalue weighted by molar-refractivity contribution is 5.45. The number of nitro groups is 1. The lowest BCUT2D eigenvalue weighted by molar-refractivity contribution is -0.386. The van der Waals surface area contributed by atoms with Crippen molar-refractivity contribution < 1.29 is 27.2 Å². The van der Waals surface area contributed by atoms with Crippen molar-refractivity contribution in [2.75, 3.05) is 0 Å². The molecule has 0 bridgehead atoms. The summed E-state index contributed by atoms with van der Waals surface area (Å²) in [6, 6.07) is 0.366. The Morgan fingerprint density at radius 3 is 2.53 bits per heavy atom. The maximum absolute atomic E-state index is 12.8. The van der Waals surface area contributed by atoms with Crippen molar-refractivity contribution in [3.05, 3.63) is 27.7 Å². The molecule has 0 aliphatic heterocycles. The van der Waals surface area contributed by atoms with Gasteiger partial charge < -0.3 is 10.5 Å². The number of pyridine rings is 1. The van der Waals surface area contributed by atoms with Crippen LogP contribution < -0.4 is 10.5 Å². The zero-order chi connectivity index (χ0) is 13.2. The molecule has 0 radical (unpaired) electrons. The van der Waals surface area contributed by atoms with Gasteiger partial charge in [-0.2, -0.15) is 9.37 Å². The van der Waals surface area contributed by atoms with Crippen LogP contribution in [-0.4, -0.2) is 16.3 Å². The van der Waals surface area contributed by atoms with Crippen LogP contribution in [0.3, 0.4) is 0 Å². The molecule has 0 unspecified atom stereocenters.